The summed E-state index contributed by atoms with van der Waals surface area (Å²) in [6, 6.07) is 3.91. The smallest absolute Gasteiger partial charge is 0.133 e. The van der Waals surface area contributed by atoms with Crippen LogP contribution in [0.2, 0.25) is 0 Å². The topological polar surface area (TPSA) is 47.8 Å². The maximum atomic E-state index is 11.8. The summed E-state index contributed by atoms with van der Waals surface area (Å²) < 4.78 is 1.76. The minimum absolute atomic E-state index is 0.302. The van der Waals surface area contributed by atoms with Crippen molar-refractivity contribution >= 4 is 5.78 Å². The quantitative estimate of drug-likeness (QED) is 0.779. The summed E-state index contributed by atoms with van der Waals surface area (Å²) in [5, 5.41) is 4.09. The summed E-state index contributed by atoms with van der Waals surface area (Å²) in [5.41, 5.74) is 2.29. The van der Waals surface area contributed by atoms with E-state index in [0.717, 1.165) is 18.4 Å². The van der Waals surface area contributed by atoms with E-state index in [1.807, 2.05) is 31.6 Å². The molecular formula is C14H17N3O. The van der Waals surface area contributed by atoms with Gasteiger partial charge >= 0.3 is 0 Å². The monoisotopic (exact) mass is 243 g/mol. The van der Waals surface area contributed by atoms with Crippen LogP contribution in [0.1, 0.15) is 24.0 Å². The predicted octanol–water partition coefficient (Wildman–Crippen LogP) is 1.95. The van der Waals surface area contributed by atoms with Gasteiger partial charge in [-0.15, -0.1) is 0 Å². The van der Waals surface area contributed by atoms with Crippen molar-refractivity contribution in [1.29, 1.82) is 0 Å². The molecule has 0 aromatic carbocycles. The fraction of sp³-hybridized carbons (Fsp3) is 0.357. The molecular weight excluding hydrogens is 226 g/mol. The molecule has 0 fully saturated rings. The van der Waals surface area contributed by atoms with E-state index in [1.54, 1.807) is 17.1 Å². The van der Waals surface area contributed by atoms with Gasteiger partial charge in [-0.2, -0.15) is 5.10 Å². The van der Waals surface area contributed by atoms with E-state index >= 15 is 0 Å². The first-order valence-electron chi connectivity index (χ1n) is 6.12. The Hall–Kier alpha value is -1.97. The van der Waals surface area contributed by atoms with E-state index in [-0.39, 0.29) is 0 Å². The zero-order chi connectivity index (χ0) is 12.8. The summed E-state index contributed by atoms with van der Waals surface area (Å²) in [6.07, 6.45) is 10.1. The van der Waals surface area contributed by atoms with Crippen LogP contribution in [0.25, 0.3) is 0 Å². The molecule has 4 nitrogen and oxygen atoms in total. The van der Waals surface area contributed by atoms with Gasteiger partial charge in [0, 0.05) is 38.5 Å². The number of Topliss-reactive ketones (excluding diaryl/α,β-unsaturated/α-hetero) is 1. The number of carbonyl (C=O) groups is 1. The maximum Gasteiger partial charge on any atom is 0.133 e. The number of nitrogens with zero attached hydrogens (tertiary/aromatic N) is 3. The lowest BCUT2D eigenvalue weighted by molar-refractivity contribution is -0.119. The molecule has 18 heavy (non-hydrogen) atoms. The summed E-state index contributed by atoms with van der Waals surface area (Å²) >= 11 is 0. The number of carbonyl (C=O) groups excluding carboxylic acids is 1. The molecule has 0 unspecified atom stereocenters. The van der Waals surface area contributed by atoms with Gasteiger partial charge < -0.3 is 0 Å². The van der Waals surface area contributed by atoms with Gasteiger partial charge in [0.1, 0.15) is 5.78 Å². The summed E-state index contributed by atoms with van der Waals surface area (Å²) in [7, 11) is 1.88. The van der Waals surface area contributed by atoms with E-state index in [0.29, 0.717) is 18.6 Å². The molecule has 0 amide bonds. The second kappa shape index (κ2) is 6.10. The first-order valence-corrected chi connectivity index (χ1v) is 6.12. The molecule has 0 bridgehead atoms. The van der Waals surface area contributed by atoms with Gasteiger partial charge in [-0.3, -0.25) is 14.5 Å². The number of aryl methyl sites for hydroxylation is 3. The Morgan fingerprint density at radius 2 is 1.83 bits per heavy atom. The van der Waals surface area contributed by atoms with Crippen LogP contribution in [0.3, 0.4) is 0 Å². The molecule has 4 heteroatoms. The Morgan fingerprint density at radius 1 is 1.17 bits per heavy atom. The average molecular weight is 243 g/mol. The van der Waals surface area contributed by atoms with Crippen molar-refractivity contribution in [3.8, 4) is 0 Å². The highest BCUT2D eigenvalue weighted by Crippen LogP contribution is 2.06. The van der Waals surface area contributed by atoms with Crippen molar-refractivity contribution < 1.29 is 4.79 Å². The van der Waals surface area contributed by atoms with E-state index in [9.17, 15) is 4.79 Å². The molecule has 2 rings (SSSR count). The number of aromatic nitrogens is 3. The van der Waals surface area contributed by atoms with Crippen molar-refractivity contribution in [2.75, 3.05) is 0 Å². The maximum absolute atomic E-state index is 11.8. The Morgan fingerprint density at radius 3 is 2.44 bits per heavy atom. The largest absolute Gasteiger partial charge is 0.300 e. The van der Waals surface area contributed by atoms with Crippen LogP contribution in [0, 0.1) is 0 Å². The highest BCUT2D eigenvalue weighted by Gasteiger charge is 2.04. The normalized spacial score (nSPS) is 10.5. The fourth-order valence-electron chi connectivity index (χ4n) is 1.84. The molecule has 0 saturated carbocycles. The molecule has 94 valence electrons. The van der Waals surface area contributed by atoms with Gasteiger partial charge in [-0.05, 0) is 36.1 Å². The molecule has 0 aliphatic rings. The van der Waals surface area contributed by atoms with E-state index in [4.69, 9.17) is 0 Å². The second-order valence-corrected chi connectivity index (χ2v) is 4.42. The molecule has 0 N–H and O–H groups in total. The third-order valence-corrected chi connectivity index (χ3v) is 2.89. The van der Waals surface area contributed by atoms with Crippen LogP contribution in [0.5, 0.6) is 0 Å². The van der Waals surface area contributed by atoms with Crippen molar-refractivity contribution in [1.82, 2.24) is 14.8 Å². The molecule has 0 radical (unpaired) electrons. The van der Waals surface area contributed by atoms with Gasteiger partial charge in [-0.25, -0.2) is 0 Å². The molecule has 0 aliphatic carbocycles. The zero-order valence-electron chi connectivity index (χ0n) is 10.5. The summed E-state index contributed by atoms with van der Waals surface area (Å²) in [5.74, 6) is 0.302. The lowest BCUT2D eigenvalue weighted by atomic mass is 10.0. The number of pyridine rings is 1. The number of ketones is 1. The fourth-order valence-corrected chi connectivity index (χ4v) is 1.84. The van der Waals surface area contributed by atoms with Gasteiger partial charge in [-0.1, -0.05) is 0 Å². The minimum Gasteiger partial charge on any atom is -0.300 e. The van der Waals surface area contributed by atoms with Crippen LogP contribution >= 0.6 is 0 Å². The summed E-state index contributed by atoms with van der Waals surface area (Å²) in [4.78, 5) is 15.7. The molecule has 2 aromatic rings. The van der Waals surface area contributed by atoms with Crippen LogP contribution < -0.4 is 0 Å². The molecule has 0 aliphatic heterocycles. The zero-order valence-corrected chi connectivity index (χ0v) is 10.5. The molecule has 0 atom stereocenters. The number of hydrogen-bond acceptors (Lipinski definition) is 3. The van der Waals surface area contributed by atoms with Crippen molar-refractivity contribution in [2.24, 2.45) is 7.05 Å². The Balaban J connectivity index is 1.73. The molecule has 2 aromatic heterocycles. The highest BCUT2D eigenvalue weighted by molar-refractivity contribution is 5.78. The van der Waals surface area contributed by atoms with Crippen LogP contribution in [-0.2, 0) is 24.7 Å². The summed E-state index contributed by atoms with van der Waals surface area (Å²) in [6.45, 7) is 0. The lowest BCUT2D eigenvalue weighted by Gasteiger charge is -2.00. The predicted molar refractivity (Wildman–Crippen MR) is 69.1 cm³/mol. The van der Waals surface area contributed by atoms with Gasteiger partial charge in [0.05, 0.1) is 6.20 Å². The highest BCUT2D eigenvalue weighted by atomic mass is 16.1. The van der Waals surface area contributed by atoms with Crippen LogP contribution in [0.15, 0.2) is 36.9 Å². The van der Waals surface area contributed by atoms with Gasteiger partial charge in [0.25, 0.3) is 0 Å². The van der Waals surface area contributed by atoms with Crippen molar-refractivity contribution in [3.63, 3.8) is 0 Å². The minimum atomic E-state index is 0.302. The van der Waals surface area contributed by atoms with Gasteiger partial charge in [0.2, 0.25) is 0 Å². The van der Waals surface area contributed by atoms with E-state index in [1.165, 1.54) is 5.56 Å². The second-order valence-electron chi connectivity index (χ2n) is 4.42. The molecule has 0 saturated heterocycles. The standard InChI is InChI=1S/C14H17N3O/c1-17-11-13(10-16-17)3-5-14(18)4-2-12-6-8-15-9-7-12/h6-11H,2-5H2,1H3. The van der Waals surface area contributed by atoms with E-state index < -0.39 is 0 Å². The van der Waals surface area contributed by atoms with Crippen molar-refractivity contribution in [3.05, 3.63) is 48.0 Å². The third-order valence-electron chi connectivity index (χ3n) is 2.89. The van der Waals surface area contributed by atoms with Gasteiger partial charge in [0.15, 0.2) is 0 Å². The number of rotatable bonds is 6. The lowest BCUT2D eigenvalue weighted by Crippen LogP contribution is -2.02. The average Bonchev–Trinajstić information content (AvgIpc) is 2.81. The number of hydrogen-bond donors (Lipinski definition) is 0. The van der Waals surface area contributed by atoms with E-state index in [2.05, 4.69) is 10.1 Å². The Bertz CT molecular complexity index is 505. The third kappa shape index (κ3) is 3.80. The molecule has 0 spiro atoms. The SMILES string of the molecule is Cn1cc(CCC(=O)CCc2ccncc2)cn1. The Labute approximate surface area is 107 Å². The molecule has 2 heterocycles. The van der Waals surface area contributed by atoms with Crippen molar-refractivity contribution in [2.45, 2.75) is 25.7 Å². The first kappa shape index (κ1) is 12.5. The van der Waals surface area contributed by atoms with Crippen LogP contribution in [0.4, 0.5) is 0 Å². The Kier molecular flexibility index (Phi) is 4.23. The first-order chi connectivity index (χ1) is 8.74. The van der Waals surface area contributed by atoms with Crippen LogP contribution in [-0.4, -0.2) is 20.5 Å².